The first kappa shape index (κ1) is 29.4. The molecule has 0 bridgehead atoms. The second-order valence-electron chi connectivity index (χ2n) is 11.7. The minimum Gasteiger partial charge on any atom is -0.469 e. The van der Waals surface area contributed by atoms with Gasteiger partial charge in [-0.3, -0.25) is 14.4 Å². The Kier molecular flexibility index (Phi) is 8.29. The molecule has 6 rings (SSSR count). The Morgan fingerprint density at radius 3 is 2.67 bits per heavy atom. The number of benzene rings is 1. The summed E-state index contributed by atoms with van der Waals surface area (Å²) in [6, 6.07) is 5.27. The molecule has 3 aromatic rings. The van der Waals surface area contributed by atoms with Crippen molar-refractivity contribution in [3.05, 3.63) is 52.4 Å². The van der Waals surface area contributed by atoms with Gasteiger partial charge in [0.2, 0.25) is 11.8 Å². The van der Waals surface area contributed by atoms with Crippen LogP contribution in [0.25, 0.3) is 10.4 Å². The number of likely N-dealkylation sites (tertiary alicyclic amines) is 1. The van der Waals surface area contributed by atoms with E-state index in [2.05, 4.69) is 20.6 Å². The highest BCUT2D eigenvalue weighted by molar-refractivity contribution is 7.13. The molecule has 0 unspecified atom stereocenters. The number of β-amino-alcohol motifs (C(OH)–C–C–N with tert-alkyl or cyclic N) is 1. The van der Waals surface area contributed by atoms with E-state index in [9.17, 15) is 19.5 Å². The molecule has 12 nitrogen and oxygen atoms in total. The predicted molar refractivity (Wildman–Crippen MR) is 156 cm³/mol. The number of nitrogens with zero attached hydrogens (tertiary/aromatic N) is 5. The van der Waals surface area contributed by atoms with Gasteiger partial charge in [0.05, 0.1) is 66.4 Å². The van der Waals surface area contributed by atoms with Gasteiger partial charge in [0.15, 0.2) is 0 Å². The van der Waals surface area contributed by atoms with E-state index >= 15 is 0 Å². The van der Waals surface area contributed by atoms with Crippen LogP contribution in [0, 0.1) is 12.8 Å². The third-order valence-electron chi connectivity index (χ3n) is 8.56. The van der Waals surface area contributed by atoms with Crippen molar-refractivity contribution in [2.45, 2.75) is 76.3 Å². The minimum absolute atomic E-state index is 0.0189. The first-order valence-corrected chi connectivity index (χ1v) is 15.5. The SMILES string of the molecule is COC(=O)C[C@@H](NC(=O)[C@@H]1C[C@@H](O)CN1C(=O)[C@@H]1[C@H](C)COCc2c(C3CC3)nnn21)c1ccc(-c2scnc2C)cc1. The molecule has 3 aliphatic rings. The van der Waals surface area contributed by atoms with Gasteiger partial charge in [0.1, 0.15) is 12.1 Å². The van der Waals surface area contributed by atoms with Crippen LogP contribution < -0.4 is 5.32 Å². The lowest BCUT2D eigenvalue weighted by Crippen LogP contribution is -2.50. The number of rotatable bonds is 8. The van der Waals surface area contributed by atoms with Crippen LogP contribution >= 0.6 is 11.3 Å². The van der Waals surface area contributed by atoms with Crippen LogP contribution in [0.3, 0.4) is 0 Å². The number of hydrogen-bond donors (Lipinski definition) is 2. The molecule has 1 aromatic carbocycles. The van der Waals surface area contributed by atoms with Crippen LogP contribution in [0.15, 0.2) is 29.8 Å². The summed E-state index contributed by atoms with van der Waals surface area (Å²) in [5.74, 6) is -1.12. The second-order valence-corrected chi connectivity index (χ2v) is 12.6. The monoisotopic (exact) mass is 608 g/mol. The summed E-state index contributed by atoms with van der Waals surface area (Å²) in [5, 5.41) is 22.4. The van der Waals surface area contributed by atoms with Gasteiger partial charge < -0.3 is 24.8 Å². The molecular formula is C30H36N6O6S. The Balaban J connectivity index is 1.24. The quantitative estimate of drug-likeness (QED) is 0.368. The van der Waals surface area contributed by atoms with Crippen LogP contribution in [0.2, 0.25) is 0 Å². The highest BCUT2D eigenvalue weighted by Gasteiger charge is 2.45. The summed E-state index contributed by atoms with van der Waals surface area (Å²) in [6.07, 6.45) is 1.21. The van der Waals surface area contributed by atoms with Crippen molar-refractivity contribution < 1.29 is 29.0 Å². The molecule has 0 radical (unpaired) electrons. The lowest BCUT2D eigenvalue weighted by atomic mass is 9.99. The van der Waals surface area contributed by atoms with Crippen LogP contribution in [0.1, 0.15) is 73.3 Å². The van der Waals surface area contributed by atoms with Gasteiger partial charge in [0.25, 0.3) is 0 Å². The fourth-order valence-electron chi connectivity index (χ4n) is 6.08. The van der Waals surface area contributed by atoms with Crippen LogP contribution in [-0.2, 0) is 30.5 Å². The maximum absolute atomic E-state index is 14.2. The number of methoxy groups -OCH3 is 1. The number of esters is 1. The van der Waals surface area contributed by atoms with E-state index in [0.29, 0.717) is 19.1 Å². The van der Waals surface area contributed by atoms with E-state index in [0.717, 1.165) is 45.9 Å². The number of aromatic nitrogens is 4. The average Bonchev–Trinajstić information content (AvgIpc) is 3.49. The van der Waals surface area contributed by atoms with Gasteiger partial charge >= 0.3 is 5.97 Å². The number of carbonyl (C=O) groups is 3. The van der Waals surface area contributed by atoms with Crippen molar-refractivity contribution in [1.29, 1.82) is 0 Å². The van der Waals surface area contributed by atoms with Gasteiger partial charge in [0, 0.05) is 24.8 Å². The number of carbonyl (C=O) groups excluding carboxylic acids is 3. The molecule has 1 saturated carbocycles. The van der Waals surface area contributed by atoms with Crippen LogP contribution in [0.4, 0.5) is 0 Å². The minimum atomic E-state index is -0.923. The highest BCUT2D eigenvalue weighted by Crippen LogP contribution is 2.42. The summed E-state index contributed by atoms with van der Waals surface area (Å²) in [6.45, 7) is 4.57. The number of hydrogen-bond acceptors (Lipinski definition) is 10. The summed E-state index contributed by atoms with van der Waals surface area (Å²) in [4.78, 5) is 47.1. The van der Waals surface area contributed by atoms with Gasteiger partial charge in [-0.05, 0) is 30.9 Å². The predicted octanol–water partition coefficient (Wildman–Crippen LogP) is 2.68. The van der Waals surface area contributed by atoms with Gasteiger partial charge in [-0.1, -0.05) is 36.4 Å². The van der Waals surface area contributed by atoms with Crippen molar-refractivity contribution in [2.75, 3.05) is 20.3 Å². The molecule has 228 valence electrons. The Labute approximate surface area is 253 Å². The maximum atomic E-state index is 14.2. The van der Waals surface area contributed by atoms with Crippen LogP contribution in [-0.4, -0.2) is 80.2 Å². The van der Waals surface area contributed by atoms with Crippen molar-refractivity contribution in [1.82, 2.24) is 30.2 Å². The molecule has 1 aliphatic carbocycles. The standard InChI is InChI=1S/C30H36N6O6S/c1-16-13-42-14-24-26(19-6-7-19)33-34-36(24)27(16)30(40)35-12-21(37)10-23(35)29(39)32-22(11-25(38)41-3)18-4-8-20(9-5-18)28-17(2)31-15-43-28/h4-5,8-9,15-16,19,21-23,27,37H,6-7,10-14H2,1-3H3,(H,32,39)/t16-,21-,22-,23+,27+/m1/s1. The van der Waals surface area contributed by atoms with E-state index in [1.165, 1.54) is 12.0 Å². The molecular weight excluding hydrogens is 572 g/mol. The van der Waals surface area contributed by atoms with Gasteiger partial charge in [-0.25, -0.2) is 9.67 Å². The molecule has 1 saturated heterocycles. The Hall–Kier alpha value is -3.68. The molecule has 2 fully saturated rings. The normalized spacial score (nSPS) is 24.2. The number of aliphatic hydroxyl groups excluding tert-OH is 1. The highest BCUT2D eigenvalue weighted by atomic mass is 32.1. The van der Waals surface area contributed by atoms with Crippen LogP contribution in [0.5, 0.6) is 0 Å². The first-order valence-electron chi connectivity index (χ1n) is 14.6. The molecule has 0 spiro atoms. The Bertz CT molecular complexity index is 1500. The number of thiazole rings is 1. The zero-order chi connectivity index (χ0) is 30.2. The van der Waals surface area contributed by atoms with E-state index in [1.54, 1.807) is 21.5 Å². The number of amides is 2. The summed E-state index contributed by atoms with van der Waals surface area (Å²) in [7, 11) is 1.30. The van der Waals surface area contributed by atoms with Crippen molar-refractivity contribution in [3.63, 3.8) is 0 Å². The third-order valence-corrected chi connectivity index (χ3v) is 9.54. The van der Waals surface area contributed by atoms with E-state index in [1.807, 2.05) is 38.1 Å². The molecule has 4 heterocycles. The number of nitrogens with one attached hydrogen (secondary N) is 1. The van der Waals surface area contributed by atoms with Gasteiger partial charge in [-0.15, -0.1) is 16.4 Å². The number of aliphatic hydroxyl groups is 1. The second kappa shape index (κ2) is 12.1. The maximum Gasteiger partial charge on any atom is 0.307 e. The molecule has 43 heavy (non-hydrogen) atoms. The van der Waals surface area contributed by atoms with E-state index in [-0.39, 0.29) is 31.2 Å². The first-order chi connectivity index (χ1) is 20.7. The zero-order valence-electron chi connectivity index (χ0n) is 24.4. The fourth-order valence-corrected chi connectivity index (χ4v) is 6.89. The Morgan fingerprint density at radius 1 is 1.23 bits per heavy atom. The summed E-state index contributed by atoms with van der Waals surface area (Å²) >= 11 is 1.54. The average molecular weight is 609 g/mol. The van der Waals surface area contributed by atoms with Gasteiger partial charge in [-0.2, -0.15) is 0 Å². The smallest absolute Gasteiger partial charge is 0.307 e. The van der Waals surface area contributed by atoms with E-state index in [4.69, 9.17) is 9.47 Å². The third kappa shape index (κ3) is 5.93. The molecule has 2 amide bonds. The molecule has 2 N–H and O–H groups in total. The molecule has 2 aliphatic heterocycles. The zero-order valence-corrected chi connectivity index (χ0v) is 25.2. The van der Waals surface area contributed by atoms with Crippen molar-refractivity contribution in [2.24, 2.45) is 5.92 Å². The van der Waals surface area contributed by atoms with E-state index < -0.39 is 36.1 Å². The fraction of sp³-hybridized carbons (Fsp3) is 0.533. The molecule has 2 aromatic heterocycles. The molecule has 13 heteroatoms. The van der Waals surface area contributed by atoms with Crippen molar-refractivity contribution in [3.8, 4) is 10.4 Å². The number of ether oxygens (including phenoxy) is 2. The number of aryl methyl sites for hydroxylation is 1. The lowest BCUT2D eigenvalue weighted by molar-refractivity contribution is -0.144. The summed E-state index contributed by atoms with van der Waals surface area (Å²) in [5.41, 5.74) is 6.11. The molecule has 5 atom stereocenters. The Morgan fingerprint density at radius 2 is 2.00 bits per heavy atom. The lowest BCUT2D eigenvalue weighted by Gasteiger charge is -2.31. The summed E-state index contributed by atoms with van der Waals surface area (Å²) < 4.78 is 12.5. The largest absolute Gasteiger partial charge is 0.469 e. The topological polar surface area (TPSA) is 149 Å². The van der Waals surface area contributed by atoms with Crippen molar-refractivity contribution >= 4 is 29.1 Å². The number of fused-ring (bicyclic) bond motifs is 1.